The van der Waals surface area contributed by atoms with Gasteiger partial charge in [-0.1, -0.05) is 212 Å². The third kappa shape index (κ3) is 4.82. The van der Waals surface area contributed by atoms with Gasteiger partial charge in [-0.3, -0.25) is 0 Å². The minimum absolute atomic E-state index is 0.576. The maximum atomic E-state index is 2.65. The zero-order valence-corrected chi connectivity index (χ0v) is 34.6. The van der Waals surface area contributed by atoms with Crippen molar-refractivity contribution < 1.29 is 0 Å². The smallest absolute Gasteiger partial charge is 0.0725 e. The van der Waals surface area contributed by atoms with Crippen molar-refractivity contribution in [2.24, 2.45) is 0 Å². The van der Waals surface area contributed by atoms with E-state index in [2.05, 4.69) is 254 Å². The first kappa shape index (κ1) is 35.7. The maximum absolute atomic E-state index is 2.65. The van der Waals surface area contributed by atoms with E-state index in [1.807, 2.05) is 0 Å². The fourth-order valence-corrected chi connectivity index (χ4v) is 11.8. The molecular formula is C62H41N. The van der Waals surface area contributed by atoms with E-state index in [0.29, 0.717) is 0 Å². The Morgan fingerprint density at radius 1 is 0.238 bits per heavy atom. The van der Waals surface area contributed by atoms with Crippen LogP contribution in [0.15, 0.2) is 249 Å². The Morgan fingerprint density at radius 2 is 0.635 bits per heavy atom. The number of hydrogen-bond donors (Lipinski definition) is 0. The van der Waals surface area contributed by atoms with Crippen molar-refractivity contribution in [2.45, 2.75) is 10.8 Å². The largest absolute Gasteiger partial charge is 0.310 e. The Morgan fingerprint density at radius 3 is 1.17 bits per heavy atom. The molecule has 3 aliphatic rings. The fourth-order valence-electron chi connectivity index (χ4n) is 11.8. The van der Waals surface area contributed by atoms with Crippen LogP contribution < -0.4 is 4.90 Å². The van der Waals surface area contributed by atoms with Gasteiger partial charge in [-0.2, -0.15) is 0 Å². The molecule has 0 bridgehead atoms. The van der Waals surface area contributed by atoms with Crippen LogP contribution in [-0.2, 0) is 10.8 Å². The summed E-state index contributed by atoms with van der Waals surface area (Å²) in [5.74, 6) is 0. The molecule has 0 atom stereocenters. The summed E-state index contributed by atoms with van der Waals surface area (Å²) in [6, 6.07) is 92.8. The standard InChI is InChI=1S/C62H41N/c1-6-22-42(23-7-1)58-59-50-34-18-21-37-54(50)61(43-24-8-2-9-25-43,44-26-10-3-11-27-44)56(59)41-57-60(58)51-40-47(63(45-28-12-4-13-29-45)46-30-14-5-15-31-46)38-39-55(51)62(57)52-35-19-16-32-48(52)49-33-17-20-36-53(49)62/h1-41H. The zero-order valence-electron chi connectivity index (χ0n) is 34.6. The molecule has 1 heteroatoms. The number of rotatable bonds is 6. The second-order valence-corrected chi connectivity index (χ2v) is 17.1. The highest BCUT2D eigenvalue weighted by Gasteiger charge is 2.56. The Labute approximate surface area is 368 Å². The van der Waals surface area contributed by atoms with E-state index in [1.54, 1.807) is 0 Å². The van der Waals surface area contributed by atoms with Gasteiger partial charge in [0.25, 0.3) is 0 Å². The summed E-state index contributed by atoms with van der Waals surface area (Å²) in [5, 5.41) is 0. The molecule has 0 saturated heterocycles. The molecule has 0 radical (unpaired) electrons. The van der Waals surface area contributed by atoms with Crippen molar-refractivity contribution in [1.29, 1.82) is 0 Å². The van der Waals surface area contributed by atoms with Gasteiger partial charge in [0.15, 0.2) is 0 Å². The van der Waals surface area contributed by atoms with Crippen LogP contribution in [-0.4, -0.2) is 0 Å². The van der Waals surface area contributed by atoms with Gasteiger partial charge in [0.05, 0.1) is 10.8 Å². The van der Waals surface area contributed by atoms with E-state index >= 15 is 0 Å². The molecule has 63 heavy (non-hydrogen) atoms. The average Bonchev–Trinajstić information content (AvgIpc) is 3.95. The van der Waals surface area contributed by atoms with Crippen LogP contribution >= 0.6 is 0 Å². The van der Waals surface area contributed by atoms with Crippen molar-refractivity contribution >= 4 is 17.1 Å². The Kier molecular flexibility index (Phi) is 7.80. The normalized spacial score (nSPS) is 14.0. The lowest BCUT2D eigenvalue weighted by atomic mass is 9.65. The molecule has 0 amide bonds. The predicted octanol–water partition coefficient (Wildman–Crippen LogP) is 15.5. The lowest BCUT2D eigenvalue weighted by molar-refractivity contribution is 0.753. The number of hydrogen-bond acceptors (Lipinski definition) is 1. The first-order valence-electron chi connectivity index (χ1n) is 22.0. The highest BCUT2D eigenvalue weighted by Crippen LogP contribution is 2.68. The SMILES string of the molecule is c1ccc(-c2c3c(cc4c2-c2cc(N(c5ccccc5)c5ccccc5)ccc2C42c4ccccc4-c4ccccc42)C(c2ccccc2)(c2ccccc2)c2ccccc2-3)cc1. The second-order valence-electron chi connectivity index (χ2n) is 17.1. The second kappa shape index (κ2) is 13.8. The Hall–Kier alpha value is -8.00. The topological polar surface area (TPSA) is 3.24 Å². The third-order valence-electron chi connectivity index (χ3n) is 14.1. The summed E-state index contributed by atoms with van der Waals surface area (Å²) in [7, 11) is 0. The van der Waals surface area contributed by atoms with Gasteiger partial charge < -0.3 is 4.90 Å². The van der Waals surface area contributed by atoms with Crippen LogP contribution in [0.2, 0.25) is 0 Å². The molecule has 1 spiro atoms. The number of para-hydroxylation sites is 2. The van der Waals surface area contributed by atoms with Crippen LogP contribution in [0.25, 0.3) is 44.5 Å². The van der Waals surface area contributed by atoms with Gasteiger partial charge in [-0.15, -0.1) is 0 Å². The van der Waals surface area contributed by atoms with Gasteiger partial charge >= 0.3 is 0 Å². The van der Waals surface area contributed by atoms with E-state index in [-0.39, 0.29) is 0 Å². The summed E-state index contributed by atoms with van der Waals surface area (Å²) in [4.78, 5) is 2.40. The van der Waals surface area contributed by atoms with Gasteiger partial charge in [-0.25, -0.2) is 0 Å². The van der Waals surface area contributed by atoms with Crippen molar-refractivity contribution in [3.8, 4) is 44.5 Å². The van der Waals surface area contributed by atoms with Crippen LogP contribution in [0.1, 0.15) is 44.5 Å². The molecular weight excluding hydrogens is 759 g/mol. The summed E-state index contributed by atoms with van der Waals surface area (Å²) in [5.41, 5.74) is 22.9. The predicted molar refractivity (Wildman–Crippen MR) is 260 cm³/mol. The van der Waals surface area contributed by atoms with Crippen molar-refractivity contribution in [1.82, 2.24) is 0 Å². The third-order valence-corrected chi connectivity index (χ3v) is 14.1. The number of fused-ring (bicyclic) bond motifs is 13. The van der Waals surface area contributed by atoms with Crippen LogP contribution in [0.4, 0.5) is 17.1 Å². The molecule has 10 aromatic rings. The van der Waals surface area contributed by atoms with E-state index in [1.165, 1.54) is 89.0 Å². The molecule has 0 aliphatic heterocycles. The van der Waals surface area contributed by atoms with Crippen molar-refractivity contribution in [2.75, 3.05) is 4.90 Å². The highest BCUT2D eigenvalue weighted by molar-refractivity contribution is 6.08. The van der Waals surface area contributed by atoms with Gasteiger partial charge in [-0.05, 0) is 125 Å². The van der Waals surface area contributed by atoms with Crippen LogP contribution in [0, 0.1) is 0 Å². The average molecular weight is 800 g/mol. The fraction of sp³-hybridized carbons (Fsp3) is 0.0323. The highest BCUT2D eigenvalue weighted by atomic mass is 15.1. The molecule has 0 unspecified atom stereocenters. The monoisotopic (exact) mass is 799 g/mol. The van der Waals surface area contributed by atoms with E-state index < -0.39 is 10.8 Å². The first-order chi connectivity index (χ1) is 31.3. The molecule has 0 fully saturated rings. The minimum Gasteiger partial charge on any atom is -0.310 e. The molecule has 3 aliphatic carbocycles. The number of nitrogens with zero attached hydrogens (tertiary/aromatic N) is 1. The van der Waals surface area contributed by atoms with E-state index in [0.717, 1.165) is 17.1 Å². The molecule has 294 valence electrons. The molecule has 0 saturated carbocycles. The minimum atomic E-state index is -0.580. The lowest BCUT2D eigenvalue weighted by Gasteiger charge is -2.36. The molecule has 0 aromatic heterocycles. The van der Waals surface area contributed by atoms with Crippen LogP contribution in [0.3, 0.4) is 0 Å². The Balaban J connectivity index is 1.24. The van der Waals surface area contributed by atoms with Gasteiger partial charge in [0, 0.05) is 17.1 Å². The zero-order chi connectivity index (χ0) is 41.5. The quantitative estimate of drug-likeness (QED) is 0.162. The molecule has 10 aromatic carbocycles. The summed E-state index contributed by atoms with van der Waals surface area (Å²) >= 11 is 0. The Bertz CT molecular complexity index is 3250. The summed E-state index contributed by atoms with van der Waals surface area (Å²) in [6.45, 7) is 0. The summed E-state index contributed by atoms with van der Waals surface area (Å²) in [6.07, 6.45) is 0. The van der Waals surface area contributed by atoms with Crippen LogP contribution in [0.5, 0.6) is 0 Å². The van der Waals surface area contributed by atoms with E-state index in [9.17, 15) is 0 Å². The molecule has 13 rings (SSSR count). The maximum Gasteiger partial charge on any atom is 0.0725 e. The van der Waals surface area contributed by atoms with Gasteiger partial charge in [0.2, 0.25) is 0 Å². The van der Waals surface area contributed by atoms with Crippen molar-refractivity contribution in [3.05, 3.63) is 293 Å². The van der Waals surface area contributed by atoms with Gasteiger partial charge in [0.1, 0.15) is 0 Å². The van der Waals surface area contributed by atoms with Crippen molar-refractivity contribution in [3.63, 3.8) is 0 Å². The molecule has 0 N–H and O–H groups in total. The lowest BCUT2D eigenvalue weighted by Crippen LogP contribution is -2.30. The first-order valence-corrected chi connectivity index (χ1v) is 22.0. The molecule has 0 heterocycles. The summed E-state index contributed by atoms with van der Waals surface area (Å²) < 4.78 is 0. The number of anilines is 3. The van der Waals surface area contributed by atoms with E-state index in [4.69, 9.17) is 0 Å². The number of benzene rings is 10. The molecule has 1 nitrogen and oxygen atoms in total.